The number of ether oxygens (including phenoxy) is 1. The Balaban J connectivity index is 3.07. The number of rotatable bonds is 3. The minimum atomic E-state index is -2.97. The molecule has 78 valence electrons. The Labute approximate surface area is 89.0 Å². The van der Waals surface area contributed by atoms with E-state index in [4.69, 9.17) is 28.3 Å². The van der Waals surface area contributed by atoms with Gasteiger partial charge in [0.05, 0.1) is 11.6 Å². The predicted molar refractivity (Wildman–Crippen MR) is 49.0 cm³/mol. The maximum atomic E-state index is 11.9. The van der Waals surface area contributed by atoms with Gasteiger partial charge >= 0.3 is 6.61 Å². The largest absolute Gasteiger partial charge is 0.433 e. The zero-order chi connectivity index (χ0) is 10.7. The molecule has 1 aromatic carbocycles. The number of benzene rings is 1. The second-order valence-electron chi connectivity index (χ2n) is 2.43. The van der Waals surface area contributed by atoms with Crippen LogP contribution in [0.4, 0.5) is 8.78 Å². The van der Waals surface area contributed by atoms with E-state index in [0.29, 0.717) is 5.56 Å². The lowest BCUT2D eigenvalue weighted by Gasteiger charge is -2.09. The summed E-state index contributed by atoms with van der Waals surface area (Å²) < 4.78 is 27.9. The maximum absolute atomic E-state index is 11.9. The molecule has 0 spiro atoms. The SMILES string of the molecule is OCc1cc(Cl)c(Cl)c(OC(F)F)c1. The average molecular weight is 243 g/mol. The summed E-state index contributed by atoms with van der Waals surface area (Å²) in [7, 11) is 0. The number of alkyl halides is 2. The first-order chi connectivity index (χ1) is 6.54. The molecule has 0 saturated carbocycles. The Morgan fingerprint density at radius 2 is 2.00 bits per heavy atom. The lowest BCUT2D eigenvalue weighted by Crippen LogP contribution is -2.03. The molecule has 1 rings (SSSR count). The van der Waals surface area contributed by atoms with Gasteiger partial charge in [-0.3, -0.25) is 0 Å². The van der Waals surface area contributed by atoms with Crippen LogP contribution in [0.3, 0.4) is 0 Å². The van der Waals surface area contributed by atoms with Crippen LogP contribution in [0.25, 0.3) is 0 Å². The lowest BCUT2D eigenvalue weighted by molar-refractivity contribution is -0.0498. The molecule has 14 heavy (non-hydrogen) atoms. The van der Waals surface area contributed by atoms with E-state index in [-0.39, 0.29) is 22.4 Å². The fourth-order valence-electron chi connectivity index (χ4n) is 0.890. The van der Waals surface area contributed by atoms with Crippen LogP contribution in [0.5, 0.6) is 5.75 Å². The van der Waals surface area contributed by atoms with E-state index in [1.807, 2.05) is 0 Å². The standard InChI is InChI=1S/C8H6Cl2F2O2/c9-5-1-4(3-13)2-6(7(5)10)14-8(11)12/h1-2,8,13H,3H2. The highest BCUT2D eigenvalue weighted by Gasteiger charge is 2.12. The van der Waals surface area contributed by atoms with E-state index in [1.165, 1.54) is 12.1 Å². The first-order valence-electron chi connectivity index (χ1n) is 3.58. The normalized spacial score (nSPS) is 10.7. The highest BCUT2D eigenvalue weighted by molar-refractivity contribution is 6.43. The summed E-state index contributed by atoms with van der Waals surface area (Å²) in [6.45, 7) is -3.30. The molecule has 2 nitrogen and oxygen atoms in total. The zero-order valence-electron chi connectivity index (χ0n) is 6.81. The summed E-state index contributed by atoms with van der Waals surface area (Å²) in [6, 6.07) is 2.59. The zero-order valence-corrected chi connectivity index (χ0v) is 8.32. The van der Waals surface area contributed by atoms with Gasteiger partial charge in [0, 0.05) is 0 Å². The molecule has 1 aromatic rings. The summed E-state index contributed by atoms with van der Waals surface area (Å²) in [5, 5.41) is 8.74. The van der Waals surface area contributed by atoms with Crippen molar-refractivity contribution >= 4 is 23.2 Å². The minimum Gasteiger partial charge on any atom is -0.433 e. The Hall–Kier alpha value is -0.580. The third-order valence-electron chi connectivity index (χ3n) is 1.45. The van der Waals surface area contributed by atoms with E-state index >= 15 is 0 Å². The van der Waals surface area contributed by atoms with Gasteiger partial charge in [0.1, 0.15) is 10.8 Å². The van der Waals surface area contributed by atoms with Crippen molar-refractivity contribution in [1.29, 1.82) is 0 Å². The number of aliphatic hydroxyl groups excluding tert-OH is 1. The van der Waals surface area contributed by atoms with Gasteiger partial charge in [0.2, 0.25) is 0 Å². The van der Waals surface area contributed by atoms with Gasteiger partial charge in [-0.25, -0.2) is 0 Å². The van der Waals surface area contributed by atoms with Crippen molar-refractivity contribution in [2.45, 2.75) is 13.2 Å². The van der Waals surface area contributed by atoms with Crippen LogP contribution in [-0.2, 0) is 6.61 Å². The van der Waals surface area contributed by atoms with E-state index in [0.717, 1.165) is 0 Å². The third-order valence-corrected chi connectivity index (χ3v) is 2.24. The number of aliphatic hydroxyl groups is 1. The molecular weight excluding hydrogens is 237 g/mol. The van der Waals surface area contributed by atoms with Gasteiger partial charge in [-0.15, -0.1) is 0 Å². The predicted octanol–water partition coefficient (Wildman–Crippen LogP) is 3.09. The van der Waals surface area contributed by atoms with Crippen LogP contribution >= 0.6 is 23.2 Å². The second-order valence-corrected chi connectivity index (χ2v) is 3.21. The van der Waals surface area contributed by atoms with Crippen molar-refractivity contribution < 1.29 is 18.6 Å². The van der Waals surface area contributed by atoms with Gasteiger partial charge in [-0.05, 0) is 17.7 Å². The molecule has 1 N–H and O–H groups in total. The smallest absolute Gasteiger partial charge is 0.387 e. The summed E-state index contributed by atoms with van der Waals surface area (Å²) in [5.74, 6) is -0.238. The van der Waals surface area contributed by atoms with Crippen molar-refractivity contribution in [3.63, 3.8) is 0 Å². The Kier molecular flexibility index (Phi) is 3.92. The highest BCUT2D eigenvalue weighted by Crippen LogP contribution is 2.34. The number of halogens is 4. The van der Waals surface area contributed by atoms with Crippen LogP contribution in [0.1, 0.15) is 5.56 Å². The van der Waals surface area contributed by atoms with Crippen LogP contribution < -0.4 is 4.74 Å². The molecule has 0 saturated heterocycles. The molecule has 0 aliphatic heterocycles. The van der Waals surface area contributed by atoms with Crippen LogP contribution in [0.2, 0.25) is 10.0 Å². The third kappa shape index (κ3) is 2.70. The minimum absolute atomic E-state index is 0.0638. The van der Waals surface area contributed by atoms with Gasteiger partial charge in [-0.1, -0.05) is 23.2 Å². The summed E-state index contributed by atoms with van der Waals surface area (Å²) in [4.78, 5) is 0. The lowest BCUT2D eigenvalue weighted by atomic mass is 10.2. The van der Waals surface area contributed by atoms with Crippen molar-refractivity contribution in [2.24, 2.45) is 0 Å². The molecule has 0 fully saturated rings. The fourth-order valence-corrected chi connectivity index (χ4v) is 1.28. The molecular formula is C8H6Cl2F2O2. The highest BCUT2D eigenvalue weighted by atomic mass is 35.5. The first-order valence-corrected chi connectivity index (χ1v) is 4.33. The van der Waals surface area contributed by atoms with Crippen molar-refractivity contribution in [1.82, 2.24) is 0 Å². The molecule has 0 heterocycles. The van der Waals surface area contributed by atoms with E-state index in [1.54, 1.807) is 0 Å². The van der Waals surface area contributed by atoms with Gasteiger partial charge in [0.25, 0.3) is 0 Å². The van der Waals surface area contributed by atoms with Gasteiger partial charge < -0.3 is 9.84 Å². The summed E-state index contributed by atoms with van der Waals surface area (Å²) >= 11 is 11.2. The molecule has 6 heteroatoms. The van der Waals surface area contributed by atoms with E-state index < -0.39 is 6.61 Å². The van der Waals surface area contributed by atoms with Crippen molar-refractivity contribution in [3.05, 3.63) is 27.7 Å². The molecule has 0 radical (unpaired) electrons. The molecule has 0 aliphatic carbocycles. The maximum Gasteiger partial charge on any atom is 0.387 e. The fraction of sp³-hybridized carbons (Fsp3) is 0.250. The molecule has 0 aliphatic rings. The Morgan fingerprint density at radius 3 is 2.50 bits per heavy atom. The van der Waals surface area contributed by atoms with Gasteiger partial charge in [0.15, 0.2) is 0 Å². The van der Waals surface area contributed by atoms with Crippen molar-refractivity contribution in [2.75, 3.05) is 0 Å². The van der Waals surface area contributed by atoms with E-state index in [9.17, 15) is 8.78 Å². The van der Waals surface area contributed by atoms with E-state index in [2.05, 4.69) is 4.74 Å². The van der Waals surface area contributed by atoms with Crippen LogP contribution in [0.15, 0.2) is 12.1 Å². The van der Waals surface area contributed by atoms with Crippen LogP contribution in [-0.4, -0.2) is 11.7 Å². The molecule has 0 bridgehead atoms. The first kappa shape index (κ1) is 11.5. The molecule has 0 unspecified atom stereocenters. The van der Waals surface area contributed by atoms with Crippen molar-refractivity contribution in [3.8, 4) is 5.75 Å². The Bertz CT molecular complexity index is 331. The molecule has 0 atom stereocenters. The average Bonchev–Trinajstić information content (AvgIpc) is 2.11. The quantitative estimate of drug-likeness (QED) is 0.883. The molecule has 0 aromatic heterocycles. The number of hydrogen-bond donors (Lipinski definition) is 1. The summed E-state index contributed by atoms with van der Waals surface area (Å²) in [5.41, 5.74) is 0.357. The van der Waals surface area contributed by atoms with Gasteiger partial charge in [-0.2, -0.15) is 8.78 Å². The topological polar surface area (TPSA) is 29.5 Å². The summed E-state index contributed by atoms with van der Waals surface area (Å²) in [6.07, 6.45) is 0. The second kappa shape index (κ2) is 4.77. The molecule has 0 amide bonds. The Morgan fingerprint density at radius 1 is 1.36 bits per heavy atom. The van der Waals surface area contributed by atoms with Crippen LogP contribution in [0, 0.1) is 0 Å². The monoisotopic (exact) mass is 242 g/mol. The number of hydrogen-bond acceptors (Lipinski definition) is 2.